The molecule has 2 fully saturated rings. The Labute approximate surface area is 152 Å². The molecule has 0 aliphatic carbocycles. The molecule has 0 saturated carbocycles. The zero-order valence-electron chi connectivity index (χ0n) is 14.1. The third kappa shape index (κ3) is 4.42. The number of nitrogens with two attached hydrogens (primary N) is 1. The van der Waals surface area contributed by atoms with E-state index in [0.717, 1.165) is 23.8 Å². The van der Waals surface area contributed by atoms with Gasteiger partial charge in [0.1, 0.15) is 0 Å². The fourth-order valence-corrected chi connectivity index (χ4v) is 3.58. The van der Waals surface area contributed by atoms with Gasteiger partial charge in [-0.25, -0.2) is 0 Å². The highest BCUT2D eigenvalue weighted by molar-refractivity contribution is 6.30. The molecule has 136 valence electrons. The van der Waals surface area contributed by atoms with Gasteiger partial charge in [-0.15, -0.1) is 0 Å². The third-order valence-electron chi connectivity index (χ3n) is 4.74. The lowest BCUT2D eigenvalue weighted by atomic mass is 10.1. The highest BCUT2D eigenvalue weighted by Gasteiger charge is 2.34. The largest absolute Gasteiger partial charge is 0.368 e. The summed E-state index contributed by atoms with van der Waals surface area (Å²) in [7, 11) is 0. The molecular formula is C17H24ClN5O2. The third-order valence-corrected chi connectivity index (χ3v) is 4.98. The van der Waals surface area contributed by atoms with Gasteiger partial charge in [-0.05, 0) is 24.6 Å². The number of carbonyl (C=O) groups excluding carboxylic acids is 2. The van der Waals surface area contributed by atoms with Crippen LogP contribution in [0.1, 0.15) is 6.42 Å². The van der Waals surface area contributed by atoms with Crippen LogP contribution in [-0.2, 0) is 9.59 Å². The lowest BCUT2D eigenvalue weighted by Gasteiger charge is -2.37. The van der Waals surface area contributed by atoms with Crippen molar-refractivity contribution in [3.63, 3.8) is 0 Å². The molecule has 1 aromatic rings. The van der Waals surface area contributed by atoms with Crippen LogP contribution in [0.5, 0.6) is 0 Å². The average Bonchev–Trinajstić information content (AvgIpc) is 3.09. The monoisotopic (exact) mass is 365 g/mol. The van der Waals surface area contributed by atoms with Gasteiger partial charge in [-0.1, -0.05) is 17.7 Å². The maximum Gasteiger partial charge on any atom is 0.239 e. The van der Waals surface area contributed by atoms with E-state index in [-0.39, 0.29) is 30.4 Å². The molecule has 4 N–H and O–H groups in total. The lowest BCUT2D eigenvalue weighted by molar-refractivity contribution is -0.133. The summed E-state index contributed by atoms with van der Waals surface area (Å²) in [6.07, 6.45) is 0.610. The number of halogens is 1. The van der Waals surface area contributed by atoms with Crippen molar-refractivity contribution in [2.75, 3.05) is 44.2 Å². The Morgan fingerprint density at radius 3 is 2.72 bits per heavy atom. The normalized spacial score (nSPS) is 23.6. The zero-order valence-corrected chi connectivity index (χ0v) is 14.8. The van der Waals surface area contributed by atoms with Crippen LogP contribution in [0.25, 0.3) is 0 Å². The fourth-order valence-electron chi connectivity index (χ4n) is 3.40. The number of piperazine rings is 1. The van der Waals surface area contributed by atoms with Gasteiger partial charge in [0, 0.05) is 49.5 Å². The molecular weight excluding hydrogens is 342 g/mol. The van der Waals surface area contributed by atoms with E-state index in [2.05, 4.69) is 15.5 Å². The van der Waals surface area contributed by atoms with Gasteiger partial charge in [0.2, 0.25) is 11.8 Å². The van der Waals surface area contributed by atoms with Crippen LogP contribution in [0.2, 0.25) is 5.02 Å². The minimum Gasteiger partial charge on any atom is -0.368 e. The first-order chi connectivity index (χ1) is 12.1. The molecule has 2 unspecified atom stereocenters. The van der Waals surface area contributed by atoms with Crippen LogP contribution >= 0.6 is 11.6 Å². The molecule has 2 aliphatic rings. The Bertz CT molecular complexity index is 633. The van der Waals surface area contributed by atoms with E-state index in [0.29, 0.717) is 26.1 Å². The quantitative estimate of drug-likeness (QED) is 0.687. The molecule has 0 aromatic heterocycles. The van der Waals surface area contributed by atoms with Gasteiger partial charge >= 0.3 is 0 Å². The molecule has 2 atom stereocenters. The van der Waals surface area contributed by atoms with E-state index in [4.69, 9.17) is 17.3 Å². The van der Waals surface area contributed by atoms with Crippen LogP contribution in [0, 0.1) is 0 Å². The van der Waals surface area contributed by atoms with Gasteiger partial charge < -0.3 is 26.2 Å². The number of nitrogens with zero attached hydrogens (tertiary/aromatic N) is 2. The second-order valence-corrected chi connectivity index (χ2v) is 6.89. The first kappa shape index (κ1) is 18.0. The van der Waals surface area contributed by atoms with Crippen molar-refractivity contribution >= 4 is 29.1 Å². The standard InChI is InChI=1S/C17H24ClN5O2/c18-12-2-1-3-14(8-12)22-4-6-23(7-5-22)17(25)15-9-13(11-20-15)21-16(24)10-19/h1-3,8,13,15,20H,4-7,9-11,19H2,(H,21,24). The van der Waals surface area contributed by atoms with Crippen molar-refractivity contribution in [1.82, 2.24) is 15.5 Å². The summed E-state index contributed by atoms with van der Waals surface area (Å²) < 4.78 is 0. The topological polar surface area (TPSA) is 90.7 Å². The smallest absolute Gasteiger partial charge is 0.239 e. The molecule has 2 aliphatic heterocycles. The van der Waals surface area contributed by atoms with E-state index in [1.807, 2.05) is 29.2 Å². The first-order valence-electron chi connectivity index (χ1n) is 8.59. The zero-order chi connectivity index (χ0) is 17.8. The average molecular weight is 366 g/mol. The van der Waals surface area contributed by atoms with E-state index in [1.165, 1.54) is 0 Å². The van der Waals surface area contributed by atoms with Gasteiger partial charge in [0.15, 0.2) is 0 Å². The molecule has 25 heavy (non-hydrogen) atoms. The van der Waals surface area contributed by atoms with Crippen LogP contribution in [-0.4, -0.2) is 68.1 Å². The minimum atomic E-state index is -0.235. The Balaban J connectivity index is 1.49. The van der Waals surface area contributed by atoms with E-state index >= 15 is 0 Å². The molecule has 7 nitrogen and oxygen atoms in total. The summed E-state index contributed by atoms with van der Waals surface area (Å²) in [5.41, 5.74) is 6.40. The summed E-state index contributed by atoms with van der Waals surface area (Å²) in [6.45, 7) is 3.51. The van der Waals surface area contributed by atoms with E-state index in [1.54, 1.807) is 0 Å². The molecule has 3 rings (SSSR count). The molecule has 2 heterocycles. The Hall–Kier alpha value is -1.83. The molecule has 0 radical (unpaired) electrons. The van der Waals surface area contributed by atoms with Crippen LogP contribution in [0.15, 0.2) is 24.3 Å². The van der Waals surface area contributed by atoms with E-state index in [9.17, 15) is 9.59 Å². The summed E-state index contributed by atoms with van der Waals surface area (Å²) in [5, 5.41) is 6.76. The van der Waals surface area contributed by atoms with Crippen molar-refractivity contribution in [3.8, 4) is 0 Å². The number of hydrogen-bond acceptors (Lipinski definition) is 5. The maximum absolute atomic E-state index is 12.7. The predicted octanol–water partition coefficient (Wildman–Crippen LogP) is -0.206. The van der Waals surface area contributed by atoms with Crippen LogP contribution < -0.4 is 21.3 Å². The van der Waals surface area contributed by atoms with E-state index < -0.39 is 0 Å². The predicted molar refractivity (Wildman–Crippen MR) is 97.6 cm³/mol. The number of anilines is 1. The lowest BCUT2D eigenvalue weighted by Crippen LogP contribution is -2.53. The van der Waals surface area contributed by atoms with Gasteiger partial charge in [0.05, 0.1) is 12.6 Å². The number of amides is 2. The SMILES string of the molecule is NCC(=O)NC1CNC(C(=O)N2CCN(c3cccc(Cl)c3)CC2)C1. The molecule has 8 heteroatoms. The van der Waals surface area contributed by atoms with Crippen molar-refractivity contribution in [3.05, 3.63) is 29.3 Å². The molecule has 1 aromatic carbocycles. The Kier molecular flexibility index (Phi) is 5.78. The number of rotatable bonds is 4. The molecule has 0 bridgehead atoms. The maximum atomic E-state index is 12.7. The summed E-state index contributed by atoms with van der Waals surface area (Å²) in [5.74, 6) is -0.0784. The summed E-state index contributed by atoms with van der Waals surface area (Å²) in [6, 6.07) is 7.51. The summed E-state index contributed by atoms with van der Waals surface area (Å²) >= 11 is 6.05. The van der Waals surface area contributed by atoms with Gasteiger partial charge in [-0.2, -0.15) is 0 Å². The first-order valence-corrected chi connectivity index (χ1v) is 8.96. The number of carbonyl (C=O) groups is 2. The van der Waals surface area contributed by atoms with Gasteiger partial charge in [0.25, 0.3) is 0 Å². The van der Waals surface area contributed by atoms with Crippen LogP contribution in [0.4, 0.5) is 5.69 Å². The second-order valence-electron chi connectivity index (χ2n) is 6.46. The number of benzene rings is 1. The van der Waals surface area contributed by atoms with Crippen molar-refractivity contribution in [2.45, 2.75) is 18.5 Å². The Morgan fingerprint density at radius 2 is 2.04 bits per heavy atom. The van der Waals surface area contributed by atoms with Crippen molar-refractivity contribution in [2.24, 2.45) is 5.73 Å². The Morgan fingerprint density at radius 1 is 1.28 bits per heavy atom. The van der Waals surface area contributed by atoms with Crippen molar-refractivity contribution in [1.29, 1.82) is 0 Å². The highest BCUT2D eigenvalue weighted by Crippen LogP contribution is 2.21. The van der Waals surface area contributed by atoms with Crippen LogP contribution in [0.3, 0.4) is 0 Å². The van der Waals surface area contributed by atoms with Gasteiger partial charge in [-0.3, -0.25) is 9.59 Å². The number of nitrogens with one attached hydrogen (secondary N) is 2. The highest BCUT2D eigenvalue weighted by atomic mass is 35.5. The molecule has 0 spiro atoms. The molecule has 2 saturated heterocycles. The minimum absolute atomic E-state index is 0.0272. The molecule has 2 amide bonds. The second kappa shape index (κ2) is 8.03. The summed E-state index contributed by atoms with van der Waals surface area (Å²) in [4.78, 5) is 28.2. The fraction of sp³-hybridized carbons (Fsp3) is 0.529. The van der Waals surface area contributed by atoms with Crippen molar-refractivity contribution < 1.29 is 9.59 Å². The number of hydrogen-bond donors (Lipinski definition) is 3.